The monoisotopic (exact) mass is 1590 g/mol. The van der Waals surface area contributed by atoms with Gasteiger partial charge in [-0.05, 0) is 195 Å². The number of hydrogen-bond donors (Lipinski definition) is 8. The van der Waals surface area contributed by atoms with E-state index in [0.717, 1.165) is 168 Å². The minimum Gasteiger partial charge on any atom is -0.471 e. The Hall–Kier alpha value is -13.3. The molecule has 5 fully saturated rings. The van der Waals surface area contributed by atoms with Gasteiger partial charge in [0.05, 0.1) is 5.69 Å². The zero-order valence-corrected chi connectivity index (χ0v) is 66.8. The number of fused-ring (bicyclic) bond motifs is 10. The average Bonchev–Trinajstić information content (AvgIpc) is 1.62. The Morgan fingerprint density at radius 2 is 0.790 bits per heavy atom. The van der Waals surface area contributed by atoms with Gasteiger partial charge in [-0.2, -0.15) is 0 Å². The zero-order valence-electron chi connectivity index (χ0n) is 66.0. The number of imidazole rings is 5. The summed E-state index contributed by atoms with van der Waals surface area (Å²) >= 11 is 1.76. The number of nitrogen functional groups attached to an aromatic ring is 5. The van der Waals surface area contributed by atoms with Gasteiger partial charge in [-0.1, -0.05) is 92.5 Å². The van der Waals surface area contributed by atoms with Crippen molar-refractivity contribution in [3.05, 3.63) is 240 Å². The molecular weight excluding hydrogens is 1500 g/mol. The molecule has 25 rings (SSSR count). The predicted octanol–water partition coefficient (Wildman–Crippen LogP) is 18.8. The van der Waals surface area contributed by atoms with Crippen molar-refractivity contribution in [2.45, 2.75) is 145 Å². The second kappa shape index (κ2) is 30.7. The van der Waals surface area contributed by atoms with Gasteiger partial charge in [0, 0.05) is 142 Å². The fraction of sp³-hybridized carbons (Fsp3) is 0.277. The Balaban J connectivity index is 0.0000000924. The van der Waals surface area contributed by atoms with Gasteiger partial charge in [0.1, 0.15) is 120 Å². The number of anilines is 6. The predicted molar refractivity (Wildman–Crippen MR) is 474 cm³/mol. The molecule has 119 heavy (non-hydrogen) atoms. The summed E-state index contributed by atoms with van der Waals surface area (Å²) in [7, 11) is 0. The number of aromatic amines is 1. The fourth-order valence-electron chi connectivity index (χ4n) is 18.4. The van der Waals surface area contributed by atoms with E-state index in [4.69, 9.17) is 58.3 Å². The SMILES string of the molecule is Nc1nccn2c(C3CCC(CO)CC3)nc(-c3ccc4c(c3)C=CC4)c12.Nc1nccn2c(C3CCC3)nc(-c3ccc4c(c3)C=CC4)c12.Nc1nccn2c(C3CCC3)nc(-c3ccc4c(c3)NCO4)c12.Nc1nccn2c(C3CCC3)nc(-c3ccc4cc[nH]c4c3)c12.Nc1nccn2c(C3CCC3)nc(-c3ccc4sccc4c3)c12. The van der Waals surface area contributed by atoms with Crippen molar-refractivity contribution in [3.63, 3.8) is 0 Å². The van der Waals surface area contributed by atoms with E-state index in [0.29, 0.717) is 77.9 Å². The first kappa shape index (κ1) is 73.4. The van der Waals surface area contributed by atoms with E-state index in [1.807, 2.05) is 49.3 Å². The molecule has 0 amide bonds. The Kier molecular flexibility index (Phi) is 18.9. The van der Waals surface area contributed by atoms with Gasteiger partial charge in [0.2, 0.25) is 0 Å². The first-order valence-electron chi connectivity index (χ1n) is 41.9. The van der Waals surface area contributed by atoms with Crippen molar-refractivity contribution >= 4 is 107 Å². The largest absolute Gasteiger partial charge is 0.471 e. The van der Waals surface area contributed by atoms with Gasteiger partial charge >= 0.3 is 0 Å². The Morgan fingerprint density at radius 1 is 0.403 bits per heavy atom. The normalized spacial score (nSPS) is 17.3. The number of hydrogen-bond acceptors (Lipinski definition) is 19. The standard InChI is InChI=1S/C22H24N4O.C19H18N4.C18H17N5.C18H16N4S.C17H17N5O/c23-21-20-19(18-9-8-15-2-1-3-17(15)12-18)25-22(26(20)11-10-24-21)16-6-4-14(13-27)5-7-16;20-18-17-16(15-8-7-12-3-1-6-14(12)11-15)22-19(13-4-2-5-13)23(17)10-9-21-18;19-17-16-15(13-5-4-11-6-7-20-14(11)10-13)22-18(12-2-1-3-12)23(16)9-8-21-17;19-17-16-15(13-4-5-14-12(10-13)6-9-23-14)21-18(11-2-1-3-11)22(16)8-7-20-17;18-16-15-14(11-4-5-13-12(8-11)20-9-23-13)21-17(10-2-1-3-10)22(15)7-6-19-16/h1,3,8-12,14,16,27H,2,4-7,13H2,(H2,23,24);1,6-11,13H,2-5H2,(H2,20,21);4-10,12,20H,1-3H2,(H2,19,21);4-11H,1-3H2,(H2,19,20);4-8,10,20H,1-3,9H2,(H2,18,19). The van der Waals surface area contributed by atoms with Crippen molar-refractivity contribution in [2.24, 2.45) is 5.92 Å². The lowest BCUT2D eigenvalue weighted by Crippen LogP contribution is -2.17. The highest BCUT2D eigenvalue weighted by Crippen LogP contribution is 2.47. The van der Waals surface area contributed by atoms with Crippen LogP contribution >= 0.6 is 11.3 Å². The number of aromatic nitrogens is 16. The van der Waals surface area contributed by atoms with Crippen LogP contribution in [0.15, 0.2) is 189 Å². The summed E-state index contributed by atoms with van der Waals surface area (Å²) in [6.07, 6.45) is 50.4. The summed E-state index contributed by atoms with van der Waals surface area (Å²) in [4.78, 5) is 49.6. The molecule has 7 aliphatic carbocycles. The molecule has 0 unspecified atom stereocenters. The highest BCUT2D eigenvalue weighted by molar-refractivity contribution is 7.17. The van der Waals surface area contributed by atoms with E-state index in [9.17, 15) is 5.11 Å². The van der Waals surface area contributed by atoms with Crippen LogP contribution in [0.5, 0.6) is 5.75 Å². The number of rotatable bonds is 11. The van der Waals surface area contributed by atoms with Crippen LogP contribution in [-0.2, 0) is 12.8 Å². The van der Waals surface area contributed by atoms with Crippen LogP contribution in [0.4, 0.5) is 34.8 Å². The van der Waals surface area contributed by atoms with Crippen molar-refractivity contribution < 1.29 is 9.84 Å². The fourth-order valence-corrected chi connectivity index (χ4v) is 19.2. The van der Waals surface area contributed by atoms with Gasteiger partial charge in [-0.15, -0.1) is 11.3 Å². The van der Waals surface area contributed by atoms with Crippen molar-refractivity contribution in [1.82, 2.24) is 76.8 Å². The average molecular weight is 1590 g/mol. The molecule has 24 nitrogen and oxygen atoms in total. The molecule has 0 saturated heterocycles. The lowest BCUT2D eigenvalue weighted by atomic mass is 9.82. The van der Waals surface area contributed by atoms with Crippen molar-refractivity contribution in [1.29, 1.82) is 0 Å². The molecule has 12 aromatic heterocycles. The topological polar surface area (TPSA) is 338 Å². The smallest absolute Gasteiger partial charge is 0.159 e. The maximum atomic E-state index is 9.43. The summed E-state index contributed by atoms with van der Waals surface area (Å²) < 4.78 is 17.4. The highest BCUT2D eigenvalue weighted by Gasteiger charge is 2.34. The number of thiophene rings is 1. The minimum absolute atomic E-state index is 0.291. The third kappa shape index (κ3) is 13.4. The molecule has 5 aromatic carbocycles. The molecular formula is C94H92N22O2S. The Labute approximate surface area is 690 Å². The number of nitrogens with two attached hydrogens (primary N) is 5. The maximum absolute atomic E-state index is 9.43. The quantitative estimate of drug-likeness (QED) is 0.0596. The first-order chi connectivity index (χ1) is 58.5. The third-order valence-electron chi connectivity index (χ3n) is 25.8. The maximum Gasteiger partial charge on any atom is 0.159 e. The lowest BCUT2D eigenvalue weighted by Gasteiger charge is -2.26. The van der Waals surface area contributed by atoms with E-state index in [1.54, 1.807) is 42.3 Å². The second-order valence-electron chi connectivity index (χ2n) is 32.8. The Bertz CT molecular complexity index is 6650. The molecule has 13 N–H and O–H groups in total. The van der Waals surface area contributed by atoms with Crippen LogP contribution in [0.1, 0.15) is 184 Å². The molecule has 596 valence electrons. The molecule has 0 bridgehead atoms. The molecule has 8 aliphatic rings. The number of nitrogens with zero attached hydrogens (tertiary/aromatic N) is 15. The summed E-state index contributed by atoms with van der Waals surface area (Å²) in [5.74, 6) is 12.1. The van der Waals surface area contributed by atoms with Crippen LogP contribution in [0.25, 0.3) is 117 Å². The number of allylic oxidation sites excluding steroid dienone is 2. The second-order valence-corrected chi connectivity index (χ2v) is 33.8. The molecule has 17 aromatic rings. The van der Waals surface area contributed by atoms with Crippen molar-refractivity contribution in [2.75, 3.05) is 47.3 Å². The van der Waals surface area contributed by atoms with Gasteiger partial charge in [0.15, 0.2) is 6.73 Å². The summed E-state index contributed by atoms with van der Waals surface area (Å²) in [5, 5.41) is 17.2. The van der Waals surface area contributed by atoms with Crippen LogP contribution in [-0.4, -0.2) is 95.3 Å². The summed E-state index contributed by atoms with van der Waals surface area (Å²) in [5.41, 5.74) is 53.1. The number of ether oxygens (including phenoxy) is 1. The molecule has 13 heterocycles. The van der Waals surface area contributed by atoms with E-state index >= 15 is 0 Å². The minimum atomic E-state index is 0.291. The summed E-state index contributed by atoms with van der Waals surface area (Å²) in [6, 6.07) is 36.3. The number of H-pyrrole nitrogens is 1. The van der Waals surface area contributed by atoms with Gasteiger partial charge in [0.25, 0.3) is 0 Å². The van der Waals surface area contributed by atoms with E-state index in [2.05, 4.69) is 178 Å². The molecule has 0 spiro atoms. The number of aliphatic hydroxyl groups excluding tert-OH is 1. The van der Waals surface area contributed by atoms with Gasteiger partial charge in [-0.25, -0.2) is 49.8 Å². The zero-order chi connectivity index (χ0) is 79.9. The van der Waals surface area contributed by atoms with Crippen LogP contribution in [0.3, 0.4) is 0 Å². The summed E-state index contributed by atoms with van der Waals surface area (Å²) in [6.45, 7) is 0.805. The molecule has 0 radical (unpaired) electrons. The third-order valence-corrected chi connectivity index (χ3v) is 26.7. The molecule has 5 saturated carbocycles. The van der Waals surface area contributed by atoms with Crippen LogP contribution < -0.4 is 38.7 Å². The van der Waals surface area contributed by atoms with Crippen LogP contribution in [0, 0.1) is 5.92 Å². The van der Waals surface area contributed by atoms with E-state index < -0.39 is 0 Å². The van der Waals surface area contributed by atoms with Gasteiger partial charge in [-0.3, -0.25) is 22.0 Å². The Morgan fingerprint density at radius 3 is 1.21 bits per heavy atom. The van der Waals surface area contributed by atoms with E-state index in [-0.39, 0.29) is 0 Å². The van der Waals surface area contributed by atoms with Crippen molar-refractivity contribution in [3.8, 4) is 62.0 Å². The number of nitrogens with one attached hydrogen (secondary N) is 2. The first-order valence-corrected chi connectivity index (χ1v) is 42.8. The lowest BCUT2D eigenvalue weighted by molar-refractivity contribution is 0.181. The number of benzene rings is 5. The number of aliphatic hydroxyl groups is 1. The van der Waals surface area contributed by atoms with Gasteiger partial charge < -0.3 is 48.8 Å². The molecule has 0 atom stereocenters. The molecule has 1 aliphatic heterocycles. The van der Waals surface area contributed by atoms with E-state index in [1.165, 1.54) is 115 Å². The van der Waals surface area contributed by atoms with Crippen LogP contribution in [0.2, 0.25) is 0 Å². The highest BCUT2D eigenvalue weighted by atomic mass is 32.1. The molecule has 25 heteroatoms.